The van der Waals surface area contributed by atoms with Crippen molar-refractivity contribution >= 4 is 15.9 Å². The third-order valence-corrected chi connectivity index (χ3v) is 6.16. The number of amides is 1. The molecule has 134 valence electrons. The van der Waals surface area contributed by atoms with Gasteiger partial charge < -0.3 is 5.32 Å². The Labute approximate surface area is 143 Å². The summed E-state index contributed by atoms with van der Waals surface area (Å²) < 4.78 is 39.7. The fraction of sp³-hybridized carbons (Fsp3) is 0.588. The van der Waals surface area contributed by atoms with E-state index in [2.05, 4.69) is 5.32 Å². The highest BCUT2D eigenvalue weighted by molar-refractivity contribution is 7.89. The predicted molar refractivity (Wildman–Crippen MR) is 90.4 cm³/mol. The molecular weight excluding hydrogens is 331 g/mol. The summed E-state index contributed by atoms with van der Waals surface area (Å²) in [6.45, 7) is 3.56. The van der Waals surface area contributed by atoms with Crippen LogP contribution in [0, 0.1) is 11.7 Å². The molecule has 24 heavy (non-hydrogen) atoms. The summed E-state index contributed by atoms with van der Waals surface area (Å²) in [5, 5.41) is 2.84. The number of nitrogens with zero attached hydrogens (tertiary/aromatic N) is 1. The fourth-order valence-corrected chi connectivity index (χ4v) is 4.48. The molecule has 0 bridgehead atoms. The lowest BCUT2D eigenvalue weighted by Gasteiger charge is -2.31. The van der Waals surface area contributed by atoms with Gasteiger partial charge in [-0.25, -0.2) is 12.8 Å². The van der Waals surface area contributed by atoms with Crippen molar-refractivity contribution in [2.24, 2.45) is 5.92 Å². The summed E-state index contributed by atoms with van der Waals surface area (Å²) in [6, 6.07) is 4.91. The zero-order valence-electron chi connectivity index (χ0n) is 14.0. The second kappa shape index (κ2) is 8.58. The van der Waals surface area contributed by atoms with Gasteiger partial charge in [-0.3, -0.25) is 4.79 Å². The lowest BCUT2D eigenvalue weighted by atomic mass is 9.94. The van der Waals surface area contributed by atoms with E-state index in [0.717, 1.165) is 31.4 Å². The molecule has 1 aromatic carbocycles. The van der Waals surface area contributed by atoms with Gasteiger partial charge >= 0.3 is 0 Å². The Hall–Kier alpha value is -1.47. The number of carbonyl (C=O) groups is 1. The van der Waals surface area contributed by atoms with Crippen molar-refractivity contribution in [3.05, 3.63) is 30.1 Å². The lowest BCUT2D eigenvalue weighted by molar-refractivity contribution is -0.121. The molecule has 1 unspecified atom stereocenters. The Balaban J connectivity index is 1.94. The molecule has 1 atom stereocenters. The molecule has 1 heterocycles. The highest BCUT2D eigenvalue weighted by Crippen LogP contribution is 2.26. The average Bonchev–Trinajstić information content (AvgIpc) is 2.59. The van der Waals surface area contributed by atoms with Crippen LogP contribution in [-0.2, 0) is 14.8 Å². The van der Waals surface area contributed by atoms with Crippen LogP contribution in [0.2, 0.25) is 0 Å². The van der Waals surface area contributed by atoms with E-state index in [1.54, 1.807) is 0 Å². The minimum atomic E-state index is -3.60. The van der Waals surface area contributed by atoms with E-state index in [9.17, 15) is 17.6 Å². The number of hydrogen-bond acceptors (Lipinski definition) is 3. The van der Waals surface area contributed by atoms with Crippen molar-refractivity contribution in [2.75, 3.05) is 19.6 Å². The number of rotatable bonds is 7. The lowest BCUT2D eigenvalue weighted by Crippen LogP contribution is -2.40. The molecule has 1 amide bonds. The standard InChI is InChI=1S/C17H25FN2O3S/c1-2-11-19-17(21)10-5-14-4-3-12-20(13-14)24(22,23)16-8-6-15(18)7-9-16/h6-9,14H,2-5,10-13H2,1H3,(H,19,21). The molecule has 0 radical (unpaired) electrons. The van der Waals surface area contributed by atoms with Gasteiger partial charge in [0.25, 0.3) is 0 Å². The number of piperidine rings is 1. The van der Waals surface area contributed by atoms with Gasteiger partial charge in [0.1, 0.15) is 5.82 Å². The number of halogens is 1. The smallest absolute Gasteiger partial charge is 0.243 e. The van der Waals surface area contributed by atoms with Gasteiger partial charge in [0, 0.05) is 26.1 Å². The number of benzene rings is 1. The van der Waals surface area contributed by atoms with Crippen molar-refractivity contribution < 1.29 is 17.6 Å². The molecule has 1 aromatic rings. The molecule has 5 nitrogen and oxygen atoms in total. The van der Waals surface area contributed by atoms with Gasteiger partial charge in [-0.2, -0.15) is 4.31 Å². The Kier molecular flexibility index (Phi) is 6.74. The van der Waals surface area contributed by atoms with Crippen LogP contribution in [0.3, 0.4) is 0 Å². The molecule has 2 rings (SSSR count). The molecule has 0 aliphatic carbocycles. The van der Waals surface area contributed by atoms with E-state index in [1.165, 1.54) is 16.4 Å². The molecule has 0 aromatic heterocycles. The molecule has 1 N–H and O–H groups in total. The number of nitrogens with one attached hydrogen (secondary N) is 1. The number of carbonyl (C=O) groups excluding carboxylic acids is 1. The number of sulfonamides is 1. The molecule has 0 saturated carbocycles. The highest BCUT2D eigenvalue weighted by atomic mass is 32.2. The first kappa shape index (κ1) is 18.9. The Morgan fingerprint density at radius 1 is 1.33 bits per heavy atom. The first-order valence-electron chi connectivity index (χ1n) is 8.46. The van der Waals surface area contributed by atoms with Crippen LogP contribution < -0.4 is 5.32 Å². The largest absolute Gasteiger partial charge is 0.356 e. The predicted octanol–water partition coefficient (Wildman–Crippen LogP) is 2.53. The Bertz CT molecular complexity index is 646. The van der Waals surface area contributed by atoms with Gasteiger partial charge in [0.2, 0.25) is 15.9 Å². The SMILES string of the molecule is CCCNC(=O)CCC1CCCN(S(=O)(=O)c2ccc(F)cc2)C1. The van der Waals surface area contributed by atoms with Crippen molar-refractivity contribution in [2.45, 2.75) is 43.9 Å². The van der Waals surface area contributed by atoms with Gasteiger partial charge in [-0.05, 0) is 55.9 Å². The van der Waals surface area contributed by atoms with E-state index in [0.29, 0.717) is 32.5 Å². The molecule has 1 aliphatic rings. The van der Waals surface area contributed by atoms with Crippen LogP contribution in [0.4, 0.5) is 4.39 Å². The summed E-state index contributed by atoms with van der Waals surface area (Å²) >= 11 is 0. The molecule has 1 saturated heterocycles. The maximum Gasteiger partial charge on any atom is 0.243 e. The third kappa shape index (κ3) is 5.01. The summed E-state index contributed by atoms with van der Waals surface area (Å²) in [6.07, 6.45) is 3.72. The summed E-state index contributed by atoms with van der Waals surface area (Å²) in [4.78, 5) is 11.8. The molecular formula is C17H25FN2O3S. The van der Waals surface area contributed by atoms with E-state index < -0.39 is 15.8 Å². The van der Waals surface area contributed by atoms with Crippen LogP contribution >= 0.6 is 0 Å². The monoisotopic (exact) mass is 356 g/mol. The van der Waals surface area contributed by atoms with E-state index >= 15 is 0 Å². The topological polar surface area (TPSA) is 66.5 Å². The molecule has 0 spiro atoms. The zero-order chi connectivity index (χ0) is 17.6. The first-order valence-corrected chi connectivity index (χ1v) is 9.90. The van der Waals surface area contributed by atoms with Crippen molar-refractivity contribution in [1.82, 2.24) is 9.62 Å². The van der Waals surface area contributed by atoms with Gasteiger partial charge in [-0.1, -0.05) is 6.92 Å². The van der Waals surface area contributed by atoms with Crippen molar-refractivity contribution in [3.8, 4) is 0 Å². The van der Waals surface area contributed by atoms with E-state index in [4.69, 9.17) is 0 Å². The maximum atomic E-state index is 13.0. The Morgan fingerprint density at radius 2 is 2.04 bits per heavy atom. The van der Waals surface area contributed by atoms with Crippen LogP contribution in [0.15, 0.2) is 29.2 Å². The van der Waals surface area contributed by atoms with Crippen LogP contribution in [-0.4, -0.2) is 38.3 Å². The first-order chi connectivity index (χ1) is 11.4. The van der Waals surface area contributed by atoms with Crippen molar-refractivity contribution in [1.29, 1.82) is 0 Å². The van der Waals surface area contributed by atoms with Gasteiger partial charge in [0.05, 0.1) is 4.90 Å². The van der Waals surface area contributed by atoms with E-state index in [-0.39, 0.29) is 16.7 Å². The zero-order valence-corrected chi connectivity index (χ0v) is 14.8. The highest BCUT2D eigenvalue weighted by Gasteiger charge is 2.30. The van der Waals surface area contributed by atoms with Crippen molar-refractivity contribution in [3.63, 3.8) is 0 Å². The quantitative estimate of drug-likeness (QED) is 0.816. The normalized spacial score (nSPS) is 19.2. The minimum absolute atomic E-state index is 0.0235. The minimum Gasteiger partial charge on any atom is -0.356 e. The Morgan fingerprint density at radius 3 is 2.71 bits per heavy atom. The van der Waals surface area contributed by atoms with Crippen LogP contribution in [0.25, 0.3) is 0 Å². The second-order valence-corrected chi connectivity index (χ2v) is 8.15. The number of hydrogen-bond donors (Lipinski definition) is 1. The van der Waals surface area contributed by atoms with E-state index in [1.807, 2.05) is 6.92 Å². The summed E-state index contributed by atoms with van der Waals surface area (Å²) in [5.41, 5.74) is 0. The molecule has 1 fully saturated rings. The van der Waals surface area contributed by atoms with Gasteiger partial charge in [-0.15, -0.1) is 0 Å². The van der Waals surface area contributed by atoms with Gasteiger partial charge in [0.15, 0.2) is 0 Å². The second-order valence-electron chi connectivity index (χ2n) is 6.21. The third-order valence-electron chi connectivity index (χ3n) is 4.28. The van der Waals surface area contributed by atoms with Crippen LogP contribution in [0.1, 0.15) is 39.0 Å². The van der Waals surface area contributed by atoms with Crippen LogP contribution in [0.5, 0.6) is 0 Å². The molecule has 1 aliphatic heterocycles. The average molecular weight is 356 g/mol. The summed E-state index contributed by atoms with van der Waals surface area (Å²) in [5.74, 6) is -0.250. The maximum absolute atomic E-state index is 13.0. The molecule has 7 heteroatoms. The fourth-order valence-electron chi connectivity index (χ4n) is 2.92. The summed E-state index contributed by atoms with van der Waals surface area (Å²) in [7, 11) is -3.60.